The number of benzene rings is 11. The first-order chi connectivity index (χ1) is 31.2. The lowest BCUT2D eigenvalue weighted by atomic mass is 9.97. The molecular weight excluding hydrogens is 783 g/mol. The van der Waals surface area contributed by atoms with E-state index in [1.165, 1.54) is 69.4 Å². The van der Waals surface area contributed by atoms with E-state index in [0.29, 0.717) is 0 Å². The van der Waals surface area contributed by atoms with Gasteiger partial charge in [-0.05, 0) is 121 Å². The Morgan fingerprint density at radius 1 is 0.333 bits per heavy atom. The fraction of sp³-hybridized carbons (Fsp3) is 0. The third-order valence-corrected chi connectivity index (χ3v) is 14.1. The molecule has 0 unspecified atom stereocenters. The van der Waals surface area contributed by atoms with Gasteiger partial charge in [0.15, 0.2) is 0 Å². The largest absolute Gasteiger partial charge is 0.455 e. The van der Waals surface area contributed by atoms with Gasteiger partial charge in [0.25, 0.3) is 0 Å². The molecule has 13 aromatic rings. The number of furan rings is 1. The first kappa shape index (κ1) is 35.7. The zero-order valence-corrected chi connectivity index (χ0v) is 34.9. The molecule has 0 fully saturated rings. The second-order valence-corrected chi connectivity index (χ2v) is 17.5. The van der Waals surface area contributed by atoms with Crippen LogP contribution < -0.4 is 4.90 Å². The minimum atomic E-state index is 0.892. The summed E-state index contributed by atoms with van der Waals surface area (Å²) in [7, 11) is 0. The Kier molecular flexibility index (Phi) is 8.12. The zero-order chi connectivity index (χ0) is 41.4. The Morgan fingerprint density at radius 2 is 0.937 bits per heavy atom. The lowest BCUT2D eigenvalue weighted by Gasteiger charge is -2.26. The van der Waals surface area contributed by atoms with Crippen LogP contribution in [0.2, 0.25) is 0 Å². The standard InChI is InChI=1S/C60H37NOS/c1-3-14-48-39(10-1)22-23-44-36-42(29-34-49(44)48)38-24-30-45(31-25-38)61(46-32-26-41(27-33-46)52-18-8-19-54-53-16-5-6-21-57(53)63-60(52)54)47-13-7-12-43(37-47)50-17-9-20-56-58(50)55-35-28-40-11-2-4-15-51(40)59(55)62-56/h1-37H. The van der Waals surface area contributed by atoms with Gasteiger partial charge in [0.05, 0.1) is 0 Å². The Balaban J connectivity index is 0.933. The molecule has 0 aliphatic heterocycles. The van der Waals surface area contributed by atoms with E-state index in [1.54, 1.807) is 0 Å². The smallest absolute Gasteiger partial charge is 0.143 e. The molecule has 0 N–H and O–H groups in total. The first-order valence-corrected chi connectivity index (χ1v) is 22.3. The molecule has 13 rings (SSSR count). The van der Waals surface area contributed by atoms with Crippen molar-refractivity contribution in [2.75, 3.05) is 4.90 Å². The number of thiophene rings is 1. The Labute approximate surface area is 368 Å². The minimum Gasteiger partial charge on any atom is -0.455 e. The summed E-state index contributed by atoms with van der Waals surface area (Å²) in [6, 6.07) is 81.7. The van der Waals surface area contributed by atoms with Crippen molar-refractivity contribution in [1.82, 2.24) is 0 Å². The molecule has 2 heterocycles. The SMILES string of the molecule is c1cc(-c2cccc3oc4c5ccccc5ccc4c23)cc(N(c2ccc(-c3ccc4c(ccc5ccccc54)c3)cc2)c2ccc(-c3cccc4c3sc3ccccc34)cc2)c1. The molecule has 2 nitrogen and oxygen atoms in total. The predicted molar refractivity (Wildman–Crippen MR) is 270 cm³/mol. The van der Waals surface area contributed by atoms with Crippen LogP contribution in [-0.4, -0.2) is 0 Å². The molecule has 0 amide bonds. The van der Waals surface area contributed by atoms with Gasteiger partial charge in [-0.1, -0.05) is 164 Å². The summed E-state index contributed by atoms with van der Waals surface area (Å²) in [4.78, 5) is 2.38. The van der Waals surface area contributed by atoms with Gasteiger partial charge < -0.3 is 9.32 Å². The van der Waals surface area contributed by atoms with E-state index in [0.717, 1.165) is 55.5 Å². The molecule has 63 heavy (non-hydrogen) atoms. The first-order valence-electron chi connectivity index (χ1n) is 21.5. The maximum absolute atomic E-state index is 6.62. The fourth-order valence-corrected chi connectivity index (χ4v) is 11.1. The van der Waals surface area contributed by atoms with Crippen LogP contribution in [0.5, 0.6) is 0 Å². The molecular formula is C60H37NOS. The van der Waals surface area contributed by atoms with Gasteiger partial charge in [0.2, 0.25) is 0 Å². The number of hydrogen-bond donors (Lipinski definition) is 0. The van der Waals surface area contributed by atoms with Crippen molar-refractivity contribution in [3.8, 4) is 33.4 Å². The average Bonchev–Trinajstić information content (AvgIpc) is 3.94. The van der Waals surface area contributed by atoms with Crippen LogP contribution in [-0.2, 0) is 0 Å². The molecule has 3 heteroatoms. The Hall–Kier alpha value is -7.98. The van der Waals surface area contributed by atoms with Crippen LogP contribution in [0.25, 0.3) is 108 Å². The second kappa shape index (κ2) is 14.3. The maximum Gasteiger partial charge on any atom is 0.143 e. The summed E-state index contributed by atoms with van der Waals surface area (Å²) < 4.78 is 9.25. The summed E-state index contributed by atoms with van der Waals surface area (Å²) >= 11 is 1.87. The monoisotopic (exact) mass is 819 g/mol. The van der Waals surface area contributed by atoms with Crippen LogP contribution in [0.3, 0.4) is 0 Å². The molecule has 0 spiro atoms. The molecule has 0 saturated heterocycles. The van der Waals surface area contributed by atoms with Crippen molar-refractivity contribution in [1.29, 1.82) is 0 Å². The Morgan fingerprint density at radius 3 is 1.78 bits per heavy atom. The lowest BCUT2D eigenvalue weighted by Crippen LogP contribution is -2.10. The van der Waals surface area contributed by atoms with Crippen molar-refractivity contribution in [2.24, 2.45) is 0 Å². The highest BCUT2D eigenvalue weighted by Crippen LogP contribution is 2.44. The number of fused-ring (bicyclic) bond motifs is 11. The van der Waals surface area contributed by atoms with Crippen molar-refractivity contribution >= 4 is 103 Å². The van der Waals surface area contributed by atoms with E-state index in [-0.39, 0.29) is 0 Å². The molecule has 0 atom stereocenters. The predicted octanol–water partition coefficient (Wildman–Crippen LogP) is 17.9. The minimum absolute atomic E-state index is 0.892. The Bertz CT molecular complexity index is 3910. The van der Waals surface area contributed by atoms with Crippen molar-refractivity contribution in [3.05, 3.63) is 224 Å². The molecule has 294 valence electrons. The summed E-state index contributed by atoms with van der Waals surface area (Å²) in [6.45, 7) is 0. The van der Waals surface area contributed by atoms with Crippen molar-refractivity contribution in [3.63, 3.8) is 0 Å². The molecule has 0 saturated carbocycles. The van der Waals surface area contributed by atoms with Gasteiger partial charge in [0.1, 0.15) is 11.2 Å². The quantitative estimate of drug-likeness (QED) is 0.155. The number of anilines is 3. The number of nitrogens with zero attached hydrogens (tertiary/aromatic N) is 1. The second-order valence-electron chi connectivity index (χ2n) is 16.4. The van der Waals surface area contributed by atoms with Gasteiger partial charge in [-0.15, -0.1) is 11.3 Å². The summed E-state index contributed by atoms with van der Waals surface area (Å²) in [5.74, 6) is 0. The summed E-state index contributed by atoms with van der Waals surface area (Å²) in [5, 5.41) is 12.3. The van der Waals surface area contributed by atoms with Crippen molar-refractivity contribution < 1.29 is 4.42 Å². The van der Waals surface area contributed by atoms with Crippen molar-refractivity contribution in [2.45, 2.75) is 0 Å². The molecule has 0 radical (unpaired) electrons. The van der Waals surface area contributed by atoms with E-state index in [1.807, 2.05) is 11.3 Å². The van der Waals surface area contributed by atoms with Gasteiger partial charge in [-0.2, -0.15) is 0 Å². The zero-order valence-electron chi connectivity index (χ0n) is 34.1. The van der Waals surface area contributed by atoms with Crippen LogP contribution in [0.1, 0.15) is 0 Å². The number of rotatable bonds is 6. The highest BCUT2D eigenvalue weighted by molar-refractivity contribution is 7.26. The van der Waals surface area contributed by atoms with E-state index in [4.69, 9.17) is 4.42 Å². The average molecular weight is 820 g/mol. The molecule has 0 aliphatic carbocycles. The van der Waals surface area contributed by atoms with Crippen LogP contribution in [0.15, 0.2) is 229 Å². The van der Waals surface area contributed by atoms with Gasteiger partial charge in [-0.3, -0.25) is 0 Å². The lowest BCUT2D eigenvalue weighted by molar-refractivity contribution is 0.673. The van der Waals surface area contributed by atoms with Gasteiger partial charge in [-0.25, -0.2) is 0 Å². The molecule has 0 aliphatic rings. The molecule has 0 bridgehead atoms. The topological polar surface area (TPSA) is 16.4 Å². The van der Waals surface area contributed by atoms with Crippen LogP contribution in [0.4, 0.5) is 17.1 Å². The normalized spacial score (nSPS) is 11.8. The third-order valence-electron chi connectivity index (χ3n) is 12.8. The highest BCUT2D eigenvalue weighted by Gasteiger charge is 2.19. The maximum atomic E-state index is 6.62. The summed E-state index contributed by atoms with van der Waals surface area (Å²) in [5.41, 5.74) is 12.2. The van der Waals surface area contributed by atoms with E-state index < -0.39 is 0 Å². The van der Waals surface area contributed by atoms with Crippen LogP contribution in [0, 0.1) is 0 Å². The number of hydrogen-bond acceptors (Lipinski definition) is 3. The third kappa shape index (κ3) is 5.85. The summed E-state index contributed by atoms with van der Waals surface area (Å²) in [6.07, 6.45) is 0. The van der Waals surface area contributed by atoms with E-state index in [9.17, 15) is 0 Å². The van der Waals surface area contributed by atoms with Crippen LogP contribution >= 0.6 is 11.3 Å². The van der Waals surface area contributed by atoms with E-state index >= 15 is 0 Å². The van der Waals surface area contributed by atoms with E-state index in [2.05, 4.69) is 229 Å². The molecule has 2 aromatic heterocycles. The van der Waals surface area contributed by atoms with Gasteiger partial charge >= 0.3 is 0 Å². The molecule has 11 aromatic carbocycles. The highest BCUT2D eigenvalue weighted by atomic mass is 32.1. The fourth-order valence-electron chi connectivity index (χ4n) is 9.81. The van der Waals surface area contributed by atoms with Gasteiger partial charge in [0, 0.05) is 53.4 Å².